The van der Waals surface area contributed by atoms with Crippen LogP contribution in [0.25, 0.3) is 0 Å². The van der Waals surface area contributed by atoms with E-state index < -0.39 is 0 Å². The average Bonchev–Trinajstić information content (AvgIpc) is 2.79. The summed E-state index contributed by atoms with van der Waals surface area (Å²) in [5, 5.41) is 4.92. The molecule has 1 aromatic rings. The molecule has 108 valence electrons. The molecule has 0 fully saturated rings. The average molecular weight is 299 g/mol. The zero-order valence-corrected chi connectivity index (χ0v) is 14.0. The first kappa shape index (κ1) is 15.3. The van der Waals surface area contributed by atoms with Crippen molar-refractivity contribution in [1.29, 1.82) is 0 Å². The summed E-state index contributed by atoms with van der Waals surface area (Å²) < 4.78 is 0. The molecule has 1 atom stereocenters. The summed E-state index contributed by atoms with van der Waals surface area (Å²) >= 11 is 3.99. The molecule has 1 aliphatic rings. The number of hydrogen-bond acceptors (Lipinski definition) is 4. The lowest BCUT2D eigenvalue weighted by Gasteiger charge is -2.22. The zero-order valence-electron chi connectivity index (χ0n) is 12.4. The van der Waals surface area contributed by atoms with Crippen LogP contribution < -0.4 is 5.32 Å². The fourth-order valence-electron chi connectivity index (χ4n) is 2.50. The summed E-state index contributed by atoms with van der Waals surface area (Å²) in [6.07, 6.45) is 5.15. The van der Waals surface area contributed by atoms with Crippen LogP contribution in [0, 0.1) is 0 Å². The summed E-state index contributed by atoms with van der Waals surface area (Å²) in [5.41, 5.74) is 1.41. The van der Waals surface area contributed by atoms with E-state index >= 15 is 0 Å². The fourth-order valence-corrected chi connectivity index (χ4v) is 4.65. The minimum atomic E-state index is 0.573. The Balaban J connectivity index is 1.98. The lowest BCUT2D eigenvalue weighted by atomic mass is 9.91. The molecule has 1 aliphatic carbocycles. The first-order valence-corrected chi connectivity index (χ1v) is 9.47. The summed E-state index contributed by atoms with van der Waals surface area (Å²) in [5.74, 6) is 3.01. The number of nitrogens with zero attached hydrogens (tertiary/aromatic N) is 1. The Bertz CT molecular complexity index is 387. The third-order valence-corrected chi connectivity index (χ3v) is 5.95. The van der Waals surface area contributed by atoms with Gasteiger partial charge in [-0.3, -0.25) is 0 Å². The molecule has 0 bridgehead atoms. The van der Waals surface area contributed by atoms with Gasteiger partial charge in [0.15, 0.2) is 0 Å². The third-order valence-electron chi connectivity index (χ3n) is 3.46. The van der Waals surface area contributed by atoms with Crippen LogP contribution in [0.15, 0.2) is 0 Å². The zero-order chi connectivity index (χ0) is 13.7. The highest BCUT2D eigenvalue weighted by Gasteiger charge is 2.24. The molecule has 0 radical (unpaired) electrons. The van der Waals surface area contributed by atoms with Gasteiger partial charge in [0.05, 0.1) is 5.69 Å². The summed E-state index contributed by atoms with van der Waals surface area (Å²) in [7, 11) is 0. The van der Waals surface area contributed by atoms with E-state index in [-0.39, 0.29) is 0 Å². The molecule has 0 amide bonds. The molecule has 1 N–H and O–H groups in total. The Kier molecular flexibility index (Phi) is 6.17. The number of thioether (sulfide) groups is 1. The molecular formula is C15H26N2S2. The van der Waals surface area contributed by atoms with Crippen molar-refractivity contribution in [3.8, 4) is 0 Å². The lowest BCUT2D eigenvalue weighted by molar-refractivity contribution is 0.474. The molecule has 1 unspecified atom stereocenters. The third kappa shape index (κ3) is 4.47. The first-order chi connectivity index (χ1) is 9.20. The number of fused-ring (bicyclic) bond motifs is 1. The Morgan fingerprint density at radius 1 is 1.47 bits per heavy atom. The van der Waals surface area contributed by atoms with Crippen molar-refractivity contribution in [1.82, 2.24) is 10.3 Å². The van der Waals surface area contributed by atoms with Gasteiger partial charge in [0.1, 0.15) is 5.01 Å². The first-order valence-electron chi connectivity index (χ1n) is 7.50. The van der Waals surface area contributed by atoms with Gasteiger partial charge >= 0.3 is 0 Å². The molecule has 1 aromatic heterocycles. The van der Waals surface area contributed by atoms with E-state index in [4.69, 9.17) is 4.98 Å². The van der Waals surface area contributed by atoms with Gasteiger partial charge < -0.3 is 5.32 Å². The number of aromatic nitrogens is 1. The molecular weight excluding hydrogens is 272 g/mol. The van der Waals surface area contributed by atoms with Crippen LogP contribution in [-0.4, -0.2) is 23.3 Å². The predicted octanol–water partition coefficient (Wildman–Crippen LogP) is 4.20. The van der Waals surface area contributed by atoms with Crippen LogP contribution in [0.3, 0.4) is 0 Å². The Morgan fingerprint density at radius 3 is 3.05 bits per heavy atom. The van der Waals surface area contributed by atoms with Gasteiger partial charge in [-0.2, -0.15) is 11.8 Å². The predicted molar refractivity (Wildman–Crippen MR) is 87.4 cm³/mol. The van der Waals surface area contributed by atoms with E-state index in [0.717, 1.165) is 12.3 Å². The second-order valence-electron chi connectivity index (χ2n) is 5.62. The van der Waals surface area contributed by atoms with Gasteiger partial charge in [0.2, 0.25) is 0 Å². The molecule has 0 saturated heterocycles. The van der Waals surface area contributed by atoms with Crippen LogP contribution >= 0.6 is 23.1 Å². The van der Waals surface area contributed by atoms with Gasteiger partial charge in [0, 0.05) is 29.1 Å². The number of nitrogens with one attached hydrogen (secondary N) is 1. The van der Waals surface area contributed by atoms with E-state index in [1.54, 1.807) is 4.88 Å². The molecule has 0 aromatic carbocycles. The van der Waals surface area contributed by atoms with Crippen molar-refractivity contribution in [3.63, 3.8) is 0 Å². The van der Waals surface area contributed by atoms with Crippen LogP contribution in [0.5, 0.6) is 0 Å². The van der Waals surface area contributed by atoms with Crippen molar-refractivity contribution < 1.29 is 0 Å². The lowest BCUT2D eigenvalue weighted by Crippen LogP contribution is -2.29. The minimum absolute atomic E-state index is 0.573. The van der Waals surface area contributed by atoms with Crippen LogP contribution in [0.4, 0.5) is 0 Å². The van der Waals surface area contributed by atoms with Crippen molar-refractivity contribution in [3.05, 3.63) is 15.6 Å². The van der Waals surface area contributed by atoms with E-state index in [2.05, 4.69) is 26.1 Å². The molecule has 0 spiro atoms. The van der Waals surface area contributed by atoms with Gasteiger partial charge in [-0.05, 0) is 31.4 Å². The molecule has 0 saturated carbocycles. The number of thiazole rings is 1. The second-order valence-corrected chi connectivity index (χ2v) is 7.89. The maximum absolute atomic E-state index is 4.94. The van der Waals surface area contributed by atoms with Crippen LogP contribution in [0.1, 0.15) is 61.5 Å². The molecule has 1 heterocycles. The van der Waals surface area contributed by atoms with Gasteiger partial charge in [-0.15, -0.1) is 11.3 Å². The highest BCUT2D eigenvalue weighted by Crippen LogP contribution is 2.35. The topological polar surface area (TPSA) is 24.9 Å². The standard InChI is InChI=1S/C15H26N2S2/c1-4-8-18-10-14-17-15-12(9-16-11(2)3)6-5-7-13(15)19-14/h11-12,16H,4-10H2,1-3H3. The summed E-state index contributed by atoms with van der Waals surface area (Å²) in [4.78, 5) is 6.50. The van der Waals surface area contributed by atoms with E-state index in [9.17, 15) is 0 Å². The van der Waals surface area contributed by atoms with Gasteiger partial charge in [-0.25, -0.2) is 4.98 Å². The van der Waals surface area contributed by atoms with Gasteiger partial charge in [0.25, 0.3) is 0 Å². The molecule has 0 aliphatic heterocycles. The van der Waals surface area contributed by atoms with Crippen LogP contribution in [0.2, 0.25) is 0 Å². The molecule has 2 nitrogen and oxygen atoms in total. The van der Waals surface area contributed by atoms with Crippen molar-refractivity contribution >= 4 is 23.1 Å². The van der Waals surface area contributed by atoms with Crippen molar-refractivity contribution in [2.75, 3.05) is 12.3 Å². The largest absolute Gasteiger partial charge is 0.314 e. The monoisotopic (exact) mass is 298 g/mol. The van der Waals surface area contributed by atoms with E-state index in [0.29, 0.717) is 12.0 Å². The summed E-state index contributed by atoms with van der Waals surface area (Å²) in [6, 6.07) is 0.573. The maximum Gasteiger partial charge on any atom is 0.103 e. The normalized spacial score (nSPS) is 18.8. The highest BCUT2D eigenvalue weighted by molar-refractivity contribution is 7.98. The molecule has 4 heteroatoms. The minimum Gasteiger partial charge on any atom is -0.314 e. The van der Waals surface area contributed by atoms with Gasteiger partial charge in [-0.1, -0.05) is 20.8 Å². The van der Waals surface area contributed by atoms with E-state index in [1.165, 1.54) is 42.1 Å². The number of aryl methyl sites for hydroxylation is 1. The van der Waals surface area contributed by atoms with Crippen molar-refractivity contribution in [2.45, 2.75) is 64.2 Å². The van der Waals surface area contributed by atoms with Crippen molar-refractivity contribution in [2.24, 2.45) is 0 Å². The Morgan fingerprint density at radius 2 is 2.32 bits per heavy atom. The summed E-state index contributed by atoms with van der Waals surface area (Å²) in [6.45, 7) is 7.78. The quantitative estimate of drug-likeness (QED) is 0.764. The molecule has 19 heavy (non-hydrogen) atoms. The number of rotatable bonds is 7. The fraction of sp³-hybridized carbons (Fsp3) is 0.800. The van der Waals surface area contributed by atoms with E-state index in [1.807, 2.05) is 23.1 Å². The highest BCUT2D eigenvalue weighted by atomic mass is 32.2. The smallest absolute Gasteiger partial charge is 0.103 e. The SMILES string of the molecule is CCCSCc1nc2c(s1)CCCC2CNC(C)C. The molecule has 2 rings (SSSR count). The second kappa shape index (κ2) is 7.65. The maximum atomic E-state index is 4.94. The Labute approximate surface area is 125 Å². The Hall–Kier alpha value is -0.0600. The van der Waals surface area contributed by atoms with Crippen LogP contribution in [-0.2, 0) is 12.2 Å². The number of hydrogen-bond donors (Lipinski definition) is 1.